The Morgan fingerprint density at radius 3 is 2.81 bits per heavy atom. The average molecular weight is 212 g/mol. The highest BCUT2D eigenvalue weighted by Gasteiger charge is 2.03. The number of aromatic nitrogens is 1. The predicted molar refractivity (Wildman–Crippen MR) is 64.1 cm³/mol. The lowest BCUT2D eigenvalue weighted by Crippen LogP contribution is -1.95. The molecule has 1 aromatic carbocycles. The Balaban J connectivity index is 2.47. The van der Waals surface area contributed by atoms with Gasteiger partial charge in [-0.3, -0.25) is 9.78 Å². The van der Waals surface area contributed by atoms with Crippen LogP contribution in [0.1, 0.15) is 5.56 Å². The molecule has 0 bridgehead atoms. The summed E-state index contributed by atoms with van der Waals surface area (Å²) in [6.07, 6.45) is 2.43. The maximum absolute atomic E-state index is 10.4. The average Bonchev–Trinajstić information content (AvgIpc) is 2.33. The van der Waals surface area contributed by atoms with Crippen LogP contribution in [-0.2, 0) is 4.79 Å². The summed E-state index contributed by atoms with van der Waals surface area (Å²) in [5.74, 6) is 0. The zero-order valence-electron chi connectivity index (χ0n) is 8.97. The molecule has 0 saturated heterocycles. The number of anilines is 1. The van der Waals surface area contributed by atoms with Crippen LogP contribution in [0.5, 0.6) is 0 Å². The normalized spacial score (nSPS) is 9.81. The van der Waals surface area contributed by atoms with Gasteiger partial charge < -0.3 is 5.32 Å². The second-order valence-electron chi connectivity index (χ2n) is 3.51. The fourth-order valence-corrected chi connectivity index (χ4v) is 1.58. The molecule has 2 rings (SSSR count). The van der Waals surface area contributed by atoms with Crippen molar-refractivity contribution in [3.8, 4) is 11.3 Å². The number of hydrogen-bond acceptors (Lipinski definition) is 2. The number of carbonyl (C=O) groups is 1. The van der Waals surface area contributed by atoms with Crippen LogP contribution in [0, 0.1) is 6.92 Å². The van der Waals surface area contributed by atoms with E-state index in [4.69, 9.17) is 0 Å². The highest BCUT2D eigenvalue weighted by atomic mass is 16.1. The van der Waals surface area contributed by atoms with Gasteiger partial charge in [0.15, 0.2) is 0 Å². The Bertz CT molecular complexity index is 495. The third-order valence-electron chi connectivity index (χ3n) is 2.40. The monoisotopic (exact) mass is 212 g/mol. The number of carbonyl (C=O) groups excluding carboxylic acids is 1. The predicted octanol–water partition coefficient (Wildman–Crippen LogP) is 2.63. The molecule has 80 valence electrons. The quantitative estimate of drug-likeness (QED) is 0.794. The smallest absolute Gasteiger partial charge is 0.211 e. The van der Waals surface area contributed by atoms with Crippen LogP contribution in [0.15, 0.2) is 42.6 Å². The summed E-state index contributed by atoms with van der Waals surface area (Å²) in [7, 11) is 0. The number of nitrogens with one attached hydrogen (secondary N) is 1. The van der Waals surface area contributed by atoms with Gasteiger partial charge in [0.2, 0.25) is 6.41 Å². The van der Waals surface area contributed by atoms with Gasteiger partial charge in [-0.15, -0.1) is 0 Å². The summed E-state index contributed by atoms with van der Waals surface area (Å²) in [6.45, 7) is 2.02. The van der Waals surface area contributed by atoms with Crippen LogP contribution in [0.25, 0.3) is 11.3 Å². The molecule has 0 saturated carbocycles. The topological polar surface area (TPSA) is 42.0 Å². The Morgan fingerprint density at radius 1 is 1.25 bits per heavy atom. The molecule has 0 aliphatic rings. The summed E-state index contributed by atoms with van der Waals surface area (Å²) in [6, 6.07) is 11.5. The first-order valence-electron chi connectivity index (χ1n) is 5.03. The lowest BCUT2D eigenvalue weighted by molar-refractivity contribution is -0.105. The van der Waals surface area contributed by atoms with Crippen LogP contribution >= 0.6 is 0 Å². The Kier molecular flexibility index (Phi) is 2.96. The maximum atomic E-state index is 10.4. The molecule has 16 heavy (non-hydrogen) atoms. The minimum atomic E-state index is 0.673. The van der Waals surface area contributed by atoms with Gasteiger partial charge in [0, 0.05) is 17.4 Å². The zero-order chi connectivity index (χ0) is 11.4. The number of hydrogen-bond donors (Lipinski definition) is 1. The molecule has 1 N–H and O–H groups in total. The first-order chi connectivity index (χ1) is 7.81. The van der Waals surface area contributed by atoms with Crippen LogP contribution in [-0.4, -0.2) is 11.4 Å². The fourth-order valence-electron chi connectivity index (χ4n) is 1.58. The molecule has 1 amide bonds. The third-order valence-corrected chi connectivity index (χ3v) is 2.40. The van der Waals surface area contributed by atoms with E-state index in [0.29, 0.717) is 6.41 Å². The number of rotatable bonds is 3. The van der Waals surface area contributed by atoms with Gasteiger partial charge in [-0.2, -0.15) is 0 Å². The first-order valence-corrected chi connectivity index (χ1v) is 5.03. The molecular formula is C13H12N2O. The summed E-state index contributed by atoms with van der Waals surface area (Å²) in [5, 5.41) is 2.64. The van der Waals surface area contributed by atoms with Crippen molar-refractivity contribution < 1.29 is 4.79 Å². The van der Waals surface area contributed by atoms with Gasteiger partial charge in [-0.05, 0) is 36.8 Å². The van der Waals surface area contributed by atoms with Crippen LogP contribution in [0.4, 0.5) is 5.69 Å². The van der Waals surface area contributed by atoms with Crippen molar-refractivity contribution in [2.24, 2.45) is 0 Å². The summed E-state index contributed by atoms with van der Waals surface area (Å²) in [5.41, 5.74) is 3.86. The number of pyridine rings is 1. The van der Waals surface area contributed by atoms with Crippen molar-refractivity contribution >= 4 is 12.1 Å². The number of amides is 1. The molecule has 0 aliphatic heterocycles. The van der Waals surface area contributed by atoms with Gasteiger partial charge in [0.25, 0.3) is 0 Å². The molecule has 3 nitrogen and oxygen atoms in total. The molecule has 0 fully saturated rings. The second kappa shape index (κ2) is 4.57. The Labute approximate surface area is 94.1 Å². The molecule has 0 unspecified atom stereocenters. The molecule has 2 aromatic rings. The number of aryl methyl sites for hydroxylation is 1. The fraction of sp³-hybridized carbons (Fsp3) is 0.0769. The minimum absolute atomic E-state index is 0.673. The molecule has 0 atom stereocenters. The van der Waals surface area contributed by atoms with E-state index in [0.717, 1.165) is 22.5 Å². The molecule has 0 aliphatic carbocycles. The van der Waals surface area contributed by atoms with Gasteiger partial charge >= 0.3 is 0 Å². The lowest BCUT2D eigenvalue weighted by Gasteiger charge is -2.07. The van der Waals surface area contributed by atoms with Crippen molar-refractivity contribution in [1.82, 2.24) is 4.98 Å². The van der Waals surface area contributed by atoms with Crippen molar-refractivity contribution in [2.45, 2.75) is 6.92 Å². The summed E-state index contributed by atoms with van der Waals surface area (Å²) >= 11 is 0. The van der Waals surface area contributed by atoms with Gasteiger partial charge in [0.1, 0.15) is 0 Å². The molecule has 0 spiro atoms. The third kappa shape index (κ3) is 2.08. The van der Waals surface area contributed by atoms with Crippen LogP contribution < -0.4 is 5.32 Å². The van der Waals surface area contributed by atoms with Gasteiger partial charge in [-0.1, -0.05) is 12.1 Å². The Morgan fingerprint density at radius 2 is 2.12 bits per heavy atom. The van der Waals surface area contributed by atoms with Gasteiger partial charge in [-0.25, -0.2) is 0 Å². The molecule has 1 heterocycles. The van der Waals surface area contributed by atoms with E-state index in [1.165, 1.54) is 0 Å². The first kappa shape index (κ1) is 10.4. The van der Waals surface area contributed by atoms with Crippen LogP contribution in [0.3, 0.4) is 0 Å². The van der Waals surface area contributed by atoms with Crippen LogP contribution in [0.2, 0.25) is 0 Å². The molecule has 3 heteroatoms. The second-order valence-corrected chi connectivity index (χ2v) is 3.51. The van der Waals surface area contributed by atoms with E-state index in [1.807, 2.05) is 43.3 Å². The highest BCUT2D eigenvalue weighted by Crippen LogP contribution is 2.24. The van der Waals surface area contributed by atoms with Crippen molar-refractivity contribution in [3.63, 3.8) is 0 Å². The molecular weight excluding hydrogens is 200 g/mol. The zero-order valence-corrected chi connectivity index (χ0v) is 8.97. The minimum Gasteiger partial charge on any atom is -0.329 e. The lowest BCUT2D eigenvalue weighted by atomic mass is 10.0. The SMILES string of the molecule is Cc1ccc(NC=O)cc1-c1ccccn1. The summed E-state index contributed by atoms with van der Waals surface area (Å²) in [4.78, 5) is 14.7. The van der Waals surface area contributed by atoms with E-state index >= 15 is 0 Å². The number of nitrogens with zero attached hydrogens (tertiary/aromatic N) is 1. The molecule has 1 aromatic heterocycles. The van der Waals surface area contributed by atoms with Crippen molar-refractivity contribution in [2.75, 3.05) is 5.32 Å². The maximum Gasteiger partial charge on any atom is 0.211 e. The van der Waals surface area contributed by atoms with E-state index in [2.05, 4.69) is 10.3 Å². The van der Waals surface area contributed by atoms with E-state index in [-0.39, 0.29) is 0 Å². The van der Waals surface area contributed by atoms with E-state index < -0.39 is 0 Å². The highest BCUT2D eigenvalue weighted by molar-refractivity contribution is 5.76. The van der Waals surface area contributed by atoms with Gasteiger partial charge in [0.05, 0.1) is 5.69 Å². The van der Waals surface area contributed by atoms with E-state index in [9.17, 15) is 4.79 Å². The standard InChI is InChI=1S/C13H12N2O/c1-10-5-6-11(15-9-16)8-12(10)13-4-2-3-7-14-13/h2-9H,1H3,(H,15,16). The van der Waals surface area contributed by atoms with Crippen molar-refractivity contribution in [1.29, 1.82) is 0 Å². The summed E-state index contributed by atoms with van der Waals surface area (Å²) < 4.78 is 0. The number of benzene rings is 1. The molecule has 0 radical (unpaired) electrons. The largest absolute Gasteiger partial charge is 0.329 e. The Hall–Kier alpha value is -2.16. The van der Waals surface area contributed by atoms with E-state index in [1.54, 1.807) is 6.20 Å². The van der Waals surface area contributed by atoms with Crippen molar-refractivity contribution in [3.05, 3.63) is 48.2 Å².